The summed E-state index contributed by atoms with van der Waals surface area (Å²) < 4.78 is 14.1. The van der Waals surface area contributed by atoms with Crippen LogP contribution in [0.4, 0.5) is 10.1 Å². The number of nitrogens with zero attached hydrogens (tertiary/aromatic N) is 1. The van der Waals surface area contributed by atoms with E-state index in [0.717, 1.165) is 9.35 Å². The Labute approximate surface area is 175 Å². The van der Waals surface area contributed by atoms with Crippen LogP contribution < -0.4 is 10.2 Å². The first kappa shape index (κ1) is 20.2. The minimum absolute atomic E-state index is 0.142. The molecule has 0 atom stereocenters. The van der Waals surface area contributed by atoms with Crippen LogP contribution in [0.5, 0.6) is 0 Å². The molecule has 0 aliphatic heterocycles. The fourth-order valence-electron chi connectivity index (χ4n) is 2.62. The maximum absolute atomic E-state index is 13.3. The van der Waals surface area contributed by atoms with Crippen molar-refractivity contribution >= 4 is 44.8 Å². The Hall–Kier alpha value is -2.51. The molecule has 0 saturated heterocycles. The lowest BCUT2D eigenvalue weighted by molar-refractivity contribution is -0.118. The summed E-state index contributed by atoms with van der Waals surface area (Å²) in [4.78, 5) is 27.6. The number of hydrogen-bond acceptors (Lipinski definition) is 3. The minimum atomic E-state index is -0.353. The zero-order valence-electron chi connectivity index (χ0n) is 14.9. The molecule has 3 aromatic rings. The first-order valence-electron chi connectivity index (χ1n) is 8.65. The molecular weight excluding hydrogens is 443 g/mol. The third-order valence-corrected chi connectivity index (χ3v) is 5.45. The van der Waals surface area contributed by atoms with Crippen molar-refractivity contribution in [2.45, 2.75) is 13.0 Å². The predicted octanol–water partition coefficient (Wildman–Crippen LogP) is 5.00. The van der Waals surface area contributed by atoms with Gasteiger partial charge in [-0.15, -0.1) is 11.3 Å². The summed E-state index contributed by atoms with van der Waals surface area (Å²) >= 11 is 4.88. The zero-order chi connectivity index (χ0) is 19.9. The van der Waals surface area contributed by atoms with Crippen LogP contribution in [-0.2, 0) is 11.3 Å². The predicted molar refractivity (Wildman–Crippen MR) is 113 cm³/mol. The lowest BCUT2D eigenvalue weighted by Gasteiger charge is -2.22. The van der Waals surface area contributed by atoms with Gasteiger partial charge in [-0.1, -0.05) is 22.0 Å². The van der Waals surface area contributed by atoms with E-state index in [-0.39, 0.29) is 30.6 Å². The van der Waals surface area contributed by atoms with Gasteiger partial charge in [0.15, 0.2) is 0 Å². The normalized spacial score (nSPS) is 10.5. The quantitative estimate of drug-likeness (QED) is 0.538. The summed E-state index contributed by atoms with van der Waals surface area (Å²) in [5.74, 6) is -0.725. The highest BCUT2D eigenvalue weighted by molar-refractivity contribution is 9.10. The van der Waals surface area contributed by atoms with Crippen LogP contribution in [0, 0.1) is 5.82 Å². The van der Waals surface area contributed by atoms with Gasteiger partial charge in [-0.2, -0.15) is 0 Å². The zero-order valence-corrected chi connectivity index (χ0v) is 17.3. The van der Waals surface area contributed by atoms with Crippen molar-refractivity contribution in [3.63, 3.8) is 0 Å². The molecule has 144 valence electrons. The van der Waals surface area contributed by atoms with Crippen molar-refractivity contribution < 1.29 is 14.0 Å². The molecule has 28 heavy (non-hydrogen) atoms. The van der Waals surface area contributed by atoms with Crippen molar-refractivity contribution in [3.8, 4) is 0 Å². The molecule has 0 fully saturated rings. The van der Waals surface area contributed by atoms with E-state index >= 15 is 0 Å². The molecule has 0 aliphatic carbocycles. The van der Waals surface area contributed by atoms with Gasteiger partial charge in [0.05, 0.1) is 6.54 Å². The maximum atomic E-state index is 13.3. The Morgan fingerprint density at radius 1 is 1.04 bits per heavy atom. The number of thiophene rings is 1. The fraction of sp³-hybridized carbons (Fsp3) is 0.143. The Morgan fingerprint density at radius 2 is 1.75 bits per heavy atom. The largest absolute Gasteiger partial charge is 0.352 e. The van der Waals surface area contributed by atoms with Gasteiger partial charge in [-0.3, -0.25) is 9.59 Å². The van der Waals surface area contributed by atoms with E-state index in [1.807, 2.05) is 17.5 Å². The Balaban J connectivity index is 1.63. The van der Waals surface area contributed by atoms with E-state index in [9.17, 15) is 14.0 Å². The van der Waals surface area contributed by atoms with E-state index in [4.69, 9.17) is 0 Å². The lowest BCUT2D eigenvalue weighted by atomic mass is 10.2. The summed E-state index contributed by atoms with van der Waals surface area (Å²) in [6.07, 6.45) is 0.144. The molecule has 1 N–H and O–H groups in total. The van der Waals surface area contributed by atoms with Crippen LogP contribution in [0.15, 0.2) is 70.5 Å². The van der Waals surface area contributed by atoms with Crippen molar-refractivity contribution in [1.82, 2.24) is 5.32 Å². The Bertz CT molecular complexity index is 928. The second-order valence-corrected chi connectivity index (χ2v) is 8.00. The highest BCUT2D eigenvalue weighted by Crippen LogP contribution is 2.21. The third kappa shape index (κ3) is 5.50. The molecule has 0 spiro atoms. The number of benzene rings is 2. The molecular formula is C21H18BrFN2O2S. The number of halogens is 2. The van der Waals surface area contributed by atoms with Crippen molar-refractivity contribution in [2.24, 2.45) is 0 Å². The SMILES string of the molecule is O=C(NCCC(=O)N(Cc1cccs1)c1ccc(F)cc1)c1ccc(Br)cc1. The number of nitrogens with one attached hydrogen (secondary N) is 1. The Kier molecular flexibility index (Phi) is 6.95. The standard InChI is InChI=1S/C21H18BrFN2O2S/c22-16-5-3-15(4-6-16)21(27)24-12-11-20(26)25(14-19-2-1-13-28-19)18-9-7-17(23)8-10-18/h1-10,13H,11-12,14H2,(H,24,27). The second-order valence-electron chi connectivity index (χ2n) is 6.05. The van der Waals surface area contributed by atoms with Gasteiger partial charge in [-0.25, -0.2) is 4.39 Å². The van der Waals surface area contributed by atoms with E-state index in [1.54, 1.807) is 52.6 Å². The summed E-state index contributed by atoms with van der Waals surface area (Å²) in [6, 6.07) is 16.7. The number of rotatable bonds is 7. The molecule has 1 heterocycles. The first-order chi connectivity index (χ1) is 13.5. The van der Waals surface area contributed by atoms with E-state index in [2.05, 4.69) is 21.2 Å². The van der Waals surface area contributed by atoms with Crippen molar-refractivity contribution in [1.29, 1.82) is 0 Å². The monoisotopic (exact) mass is 460 g/mol. The smallest absolute Gasteiger partial charge is 0.251 e. The number of carbonyl (C=O) groups excluding carboxylic acids is 2. The van der Waals surface area contributed by atoms with Crippen molar-refractivity contribution in [2.75, 3.05) is 11.4 Å². The molecule has 0 aliphatic rings. The molecule has 0 bridgehead atoms. The summed E-state index contributed by atoms with van der Waals surface area (Å²) in [7, 11) is 0. The van der Waals surface area contributed by atoms with Crippen LogP contribution in [0.3, 0.4) is 0 Å². The van der Waals surface area contributed by atoms with Crippen LogP contribution in [0.2, 0.25) is 0 Å². The highest BCUT2D eigenvalue weighted by atomic mass is 79.9. The summed E-state index contributed by atoms with van der Waals surface area (Å²) in [5.41, 5.74) is 1.16. The molecule has 0 unspecified atom stereocenters. The van der Waals surface area contributed by atoms with Crippen molar-refractivity contribution in [3.05, 3.63) is 86.8 Å². The molecule has 3 rings (SSSR count). The molecule has 4 nitrogen and oxygen atoms in total. The van der Waals surface area contributed by atoms with Crippen LogP contribution in [0.1, 0.15) is 21.7 Å². The van der Waals surface area contributed by atoms with Gasteiger partial charge in [0.25, 0.3) is 5.91 Å². The van der Waals surface area contributed by atoms with Gasteiger partial charge >= 0.3 is 0 Å². The molecule has 7 heteroatoms. The minimum Gasteiger partial charge on any atom is -0.352 e. The fourth-order valence-corrected chi connectivity index (χ4v) is 3.58. The number of amides is 2. The molecule has 2 aromatic carbocycles. The lowest BCUT2D eigenvalue weighted by Crippen LogP contribution is -2.34. The Morgan fingerprint density at radius 3 is 2.39 bits per heavy atom. The topological polar surface area (TPSA) is 49.4 Å². The van der Waals surface area contributed by atoms with Gasteiger partial charge in [0.2, 0.25) is 5.91 Å². The number of carbonyl (C=O) groups is 2. The molecule has 1 aromatic heterocycles. The highest BCUT2D eigenvalue weighted by Gasteiger charge is 2.17. The first-order valence-corrected chi connectivity index (χ1v) is 10.3. The van der Waals surface area contributed by atoms with Crippen LogP contribution in [-0.4, -0.2) is 18.4 Å². The average molecular weight is 461 g/mol. The molecule has 0 saturated carbocycles. The maximum Gasteiger partial charge on any atom is 0.251 e. The van der Waals surface area contributed by atoms with Gasteiger partial charge in [-0.05, 0) is 60.0 Å². The molecule has 2 amide bonds. The van der Waals surface area contributed by atoms with E-state index < -0.39 is 0 Å². The van der Waals surface area contributed by atoms with Crippen LogP contribution >= 0.6 is 27.3 Å². The molecule has 0 radical (unpaired) electrons. The second kappa shape index (κ2) is 9.61. The van der Waals surface area contributed by atoms with E-state index in [0.29, 0.717) is 17.8 Å². The third-order valence-electron chi connectivity index (χ3n) is 4.06. The summed E-state index contributed by atoms with van der Waals surface area (Å²) in [6.45, 7) is 0.624. The van der Waals surface area contributed by atoms with E-state index in [1.165, 1.54) is 12.1 Å². The number of anilines is 1. The summed E-state index contributed by atoms with van der Waals surface area (Å²) in [5, 5.41) is 4.71. The van der Waals surface area contributed by atoms with Gasteiger partial charge in [0.1, 0.15) is 5.82 Å². The van der Waals surface area contributed by atoms with Crippen LogP contribution in [0.25, 0.3) is 0 Å². The van der Waals surface area contributed by atoms with Gasteiger partial charge in [0, 0.05) is 33.6 Å². The number of hydrogen-bond donors (Lipinski definition) is 1. The van der Waals surface area contributed by atoms with Gasteiger partial charge < -0.3 is 10.2 Å². The average Bonchev–Trinajstić information content (AvgIpc) is 3.20.